The molecule has 18 nitrogen and oxygen atoms in total. The quantitative estimate of drug-likeness (QED) is 0.0900. The van der Waals surface area contributed by atoms with Crippen molar-refractivity contribution in [2.24, 2.45) is 0 Å². The number of ether oxygens (including phenoxy) is 1. The van der Waals surface area contributed by atoms with Crippen LogP contribution in [0.2, 0.25) is 0 Å². The van der Waals surface area contributed by atoms with E-state index in [0.29, 0.717) is 0 Å². The van der Waals surface area contributed by atoms with Gasteiger partial charge in [-0.2, -0.15) is 4.98 Å². The number of alkyl halides is 1. The van der Waals surface area contributed by atoms with E-state index >= 15 is 4.39 Å². The fraction of sp³-hybridized carbons (Fsp3) is 0.500. The minimum atomic E-state index is -4.39. The first kappa shape index (κ1) is 27.9. The topological polar surface area (TPSA) is 259 Å². The molecule has 1 saturated carbocycles. The molecule has 42 heavy (non-hydrogen) atoms. The second-order valence-corrected chi connectivity index (χ2v) is 14.0. The Morgan fingerprint density at radius 2 is 1.90 bits per heavy atom. The Morgan fingerprint density at radius 1 is 1.19 bits per heavy atom. The maximum absolute atomic E-state index is 15.1. The van der Waals surface area contributed by atoms with Crippen molar-refractivity contribution in [3.63, 3.8) is 0 Å². The molecule has 2 aliphatic heterocycles. The van der Waals surface area contributed by atoms with Crippen LogP contribution >= 0.6 is 30.8 Å². The minimum absolute atomic E-state index is 0.0178. The van der Waals surface area contributed by atoms with Gasteiger partial charge in [-0.15, -0.1) is 11.8 Å². The molecular weight excluding hydrogens is 624 g/mol. The highest BCUT2D eigenvalue weighted by atomic mass is 32.7. The number of thioether (sulfide) groups is 1. The highest BCUT2D eigenvalue weighted by Crippen LogP contribution is 2.68. The molecule has 0 amide bonds. The summed E-state index contributed by atoms with van der Waals surface area (Å²) in [7, 11) is 0. The molecule has 2 saturated heterocycles. The number of anilines is 1. The zero-order valence-electron chi connectivity index (χ0n) is 20.8. The number of aromatic nitrogens is 8. The Bertz CT molecular complexity index is 1890. The van der Waals surface area contributed by atoms with Crippen molar-refractivity contribution in [2.45, 2.75) is 53.0 Å². The number of fused-ring (bicyclic) bond motifs is 3. The third kappa shape index (κ3) is 4.14. The summed E-state index contributed by atoms with van der Waals surface area (Å²) >= 11 is 5.06. The van der Waals surface area contributed by atoms with E-state index in [1.807, 2.05) is 0 Å². The summed E-state index contributed by atoms with van der Waals surface area (Å²) in [6.07, 6.45) is -5.68. The number of aliphatic hydroxyl groups is 3. The number of thiol groups is 1. The standard InChI is InChI=1S/C20H21FN9O9PS2/c21-6-9(31)5(38-17(6)29-3-25-7-13(29)23-2-24-15(7)33)1-37-40(36,41)39-11-18(42-12-10(32)20(11,12)35)30-4-26-8-14(30)27-19(22)28-16(8)34/h2-6,9-12,17-18,31-32,35H,1H2,(H,36,41)(H,23,24,33)(H3,22,27,28,34)/t5-,6+,9-,10?,11+,12-,17-,18-,20+,40-/m1/s1. The Balaban J connectivity index is 1.10. The van der Waals surface area contributed by atoms with Crippen LogP contribution in [0.1, 0.15) is 11.6 Å². The molecule has 0 bridgehead atoms. The average molecular weight is 646 g/mol. The van der Waals surface area contributed by atoms with Crippen LogP contribution in [0.25, 0.3) is 22.3 Å². The zero-order valence-corrected chi connectivity index (χ0v) is 23.4. The lowest BCUT2D eigenvalue weighted by Gasteiger charge is -2.29. The molecule has 22 heteroatoms. The molecule has 0 aromatic carbocycles. The minimum Gasteiger partial charge on any atom is -0.389 e. The van der Waals surface area contributed by atoms with Crippen molar-refractivity contribution < 1.29 is 38.1 Å². The van der Waals surface area contributed by atoms with E-state index in [2.05, 4.69) is 42.2 Å². The Morgan fingerprint density at radius 3 is 2.67 bits per heavy atom. The maximum Gasteiger partial charge on any atom is 0.386 e. The SMILES string of the molecule is Nc1nc2c(ncn2[C@@H]2S[C@@H]3C(O)[C@]3(O)[C@H]2O[P@](=O)(S)OC[C@H]2O[C@@H](n3cnc4c(=O)[nH]cnc43)[C@@H](F)[C@@H]2O)c(=O)[nH]1. The maximum atomic E-state index is 15.1. The second kappa shape index (κ2) is 9.56. The van der Waals surface area contributed by atoms with Crippen molar-refractivity contribution >= 4 is 59.1 Å². The number of nitrogens with one attached hydrogen (secondary N) is 2. The number of nitrogens with two attached hydrogens (primary N) is 1. The van der Waals surface area contributed by atoms with Crippen LogP contribution in [0.15, 0.2) is 28.6 Å². The molecule has 0 radical (unpaired) electrons. The molecule has 3 fully saturated rings. The third-order valence-electron chi connectivity index (χ3n) is 7.41. The van der Waals surface area contributed by atoms with E-state index < -0.39 is 77.6 Å². The van der Waals surface area contributed by atoms with Crippen molar-refractivity contribution in [2.75, 3.05) is 12.3 Å². The number of aliphatic hydroxyl groups excluding tert-OH is 2. The lowest BCUT2D eigenvalue weighted by Crippen LogP contribution is -2.38. The monoisotopic (exact) mass is 645 g/mol. The van der Waals surface area contributed by atoms with E-state index in [9.17, 15) is 29.5 Å². The smallest absolute Gasteiger partial charge is 0.386 e. The molecule has 10 atom stereocenters. The van der Waals surface area contributed by atoms with Gasteiger partial charge in [0.05, 0.1) is 30.8 Å². The van der Waals surface area contributed by atoms with Crippen LogP contribution in [-0.2, 0) is 18.3 Å². The van der Waals surface area contributed by atoms with E-state index in [-0.39, 0.29) is 28.3 Å². The van der Waals surface area contributed by atoms with Gasteiger partial charge in [-0.1, -0.05) is 12.2 Å². The molecule has 224 valence electrons. The molecule has 7 N–H and O–H groups in total. The summed E-state index contributed by atoms with van der Waals surface area (Å²) in [6.45, 7) is -5.05. The summed E-state index contributed by atoms with van der Waals surface area (Å²) in [5.41, 5.74) is 2.63. The van der Waals surface area contributed by atoms with Crippen molar-refractivity contribution in [1.29, 1.82) is 0 Å². The molecule has 6 heterocycles. The van der Waals surface area contributed by atoms with Gasteiger partial charge in [0.2, 0.25) is 5.95 Å². The molecule has 1 unspecified atom stereocenters. The number of hydrogen-bond acceptors (Lipinski definition) is 15. The molecule has 3 aliphatic rings. The van der Waals surface area contributed by atoms with Gasteiger partial charge in [-0.3, -0.25) is 32.8 Å². The predicted octanol–water partition coefficient (Wildman–Crippen LogP) is -1.41. The number of nitrogen functional groups attached to an aromatic ring is 1. The van der Waals surface area contributed by atoms with Gasteiger partial charge in [-0.05, 0) is 0 Å². The summed E-state index contributed by atoms with van der Waals surface area (Å²) in [4.78, 5) is 44.8. The Labute approximate surface area is 241 Å². The van der Waals surface area contributed by atoms with Gasteiger partial charge in [0.1, 0.15) is 35.4 Å². The number of aromatic amines is 2. The first-order valence-corrected chi connectivity index (χ1v) is 15.9. The van der Waals surface area contributed by atoms with E-state index in [4.69, 9.17) is 19.5 Å². The van der Waals surface area contributed by atoms with E-state index in [1.165, 1.54) is 10.9 Å². The number of imidazole rings is 2. The van der Waals surface area contributed by atoms with E-state index in [0.717, 1.165) is 29.0 Å². The molecule has 7 rings (SSSR count). The Kier molecular flexibility index (Phi) is 6.36. The first-order chi connectivity index (χ1) is 19.9. The number of H-pyrrole nitrogens is 2. The van der Waals surface area contributed by atoms with Gasteiger partial charge in [0, 0.05) is 0 Å². The van der Waals surface area contributed by atoms with Gasteiger partial charge in [-0.25, -0.2) is 23.9 Å². The van der Waals surface area contributed by atoms with Gasteiger partial charge in [0.15, 0.2) is 34.7 Å². The average Bonchev–Trinajstić information content (AvgIpc) is 3.47. The summed E-state index contributed by atoms with van der Waals surface area (Å²) in [6, 6.07) is 0. The fourth-order valence-electron chi connectivity index (χ4n) is 5.24. The predicted molar refractivity (Wildman–Crippen MR) is 144 cm³/mol. The summed E-state index contributed by atoms with van der Waals surface area (Å²) in [5.74, 6) is -0.187. The van der Waals surface area contributed by atoms with Gasteiger partial charge in [0.25, 0.3) is 11.1 Å². The van der Waals surface area contributed by atoms with Crippen LogP contribution in [0.5, 0.6) is 0 Å². The van der Waals surface area contributed by atoms with Crippen LogP contribution in [-0.4, -0.2) is 102 Å². The number of nitrogens with zero attached hydrogens (tertiary/aromatic N) is 6. The van der Waals surface area contributed by atoms with Crippen LogP contribution in [0.4, 0.5) is 10.3 Å². The first-order valence-electron chi connectivity index (χ1n) is 12.2. The van der Waals surface area contributed by atoms with Crippen LogP contribution in [0, 0.1) is 0 Å². The molecule has 0 spiro atoms. The van der Waals surface area contributed by atoms with Gasteiger partial charge >= 0.3 is 6.80 Å². The number of rotatable bonds is 7. The summed E-state index contributed by atoms with van der Waals surface area (Å²) < 4.78 is 47.6. The van der Waals surface area contributed by atoms with Crippen molar-refractivity contribution in [3.05, 3.63) is 39.7 Å². The van der Waals surface area contributed by atoms with Crippen LogP contribution in [0.3, 0.4) is 0 Å². The van der Waals surface area contributed by atoms with Gasteiger partial charge < -0.3 is 30.8 Å². The van der Waals surface area contributed by atoms with Crippen LogP contribution < -0.4 is 16.9 Å². The number of hydrogen-bond donors (Lipinski definition) is 7. The second-order valence-electron chi connectivity index (χ2n) is 9.90. The van der Waals surface area contributed by atoms with E-state index in [1.54, 1.807) is 0 Å². The third-order valence-corrected chi connectivity index (χ3v) is 10.7. The zero-order chi connectivity index (χ0) is 29.7. The Hall–Kier alpha value is -2.88. The lowest BCUT2D eigenvalue weighted by molar-refractivity contribution is -0.0502. The summed E-state index contributed by atoms with van der Waals surface area (Å²) in [5, 5.41) is 30.3. The molecule has 4 aromatic heterocycles. The number of halogens is 1. The normalized spacial score (nSPS) is 35.5. The van der Waals surface area contributed by atoms with Crippen molar-refractivity contribution in [1.82, 2.24) is 39.0 Å². The fourth-order valence-corrected chi connectivity index (χ4v) is 8.58. The molecule has 1 aliphatic carbocycles. The van der Waals surface area contributed by atoms with Crippen molar-refractivity contribution in [3.8, 4) is 0 Å². The highest BCUT2D eigenvalue weighted by Gasteiger charge is 2.77. The lowest BCUT2D eigenvalue weighted by atomic mass is 10.1. The molecule has 4 aromatic rings. The largest absolute Gasteiger partial charge is 0.389 e. The molecular formula is C20H21FN9O9PS2. The highest BCUT2D eigenvalue weighted by molar-refractivity contribution is 8.44.